The molecule has 0 unspecified atom stereocenters. The van der Waals surface area contributed by atoms with E-state index < -0.39 is 40.5 Å². The summed E-state index contributed by atoms with van der Waals surface area (Å²) in [7, 11) is -6.26. The molecule has 8 nitrogen and oxygen atoms in total. The minimum absolute atomic E-state index is 0.0109. The lowest BCUT2D eigenvalue weighted by Gasteiger charge is -2.42. The fraction of sp³-hybridized carbons (Fsp3) is 0.652. The zero-order chi connectivity index (χ0) is 25.1. The summed E-state index contributed by atoms with van der Waals surface area (Å²) in [6.45, 7) is 14.4. The molecule has 2 atom stereocenters. The lowest BCUT2D eigenvalue weighted by molar-refractivity contribution is -0.387. The minimum Gasteiger partial charge on any atom is -0.417 e. The first kappa shape index (κ1) is 27.5. The largest absolute Gasteiger partial charge is 0.417 e. The first-order valence-electron chi connectivity index (χ1n) is 11.3. The van der Waals surface area contributed by atoms with E-state index in [0.29, 0.717) is 13.0 Å². The van der Waals surface area contributed by atoms with Crippen molar-refractivity contribution in [3.63, 3.8) is 0 Å². The van der Waals surface area contributed by atoms with Crippen molar-refractivity contribution < 1.29 is 17.8 Å². The van der Waals surface area contributed by atoms with E-state index in [1.54, 1.807) is 0 Å². The van der Waals surface area contributed by atoms with E-state index in [4.69, 9.17) is 10.8 Å². The van der Waals surface area contributed by atoms with Gasteiger partial charge in [0.1, 0.15) is 0 Å². The molecule has 1 fully saturated rings. The summed E-state index contributed by atoms with van der Waals surface area (Å²) in [5.74, 6) is 2.83. The van der Waals surface area contributed by atoms with Gasteiger partial charge in [-0.2, -0.15) is 0 Å². The second-order valence-corrected chi connectivity index (χ2v) is 16.8. The van der Waals surface area contributed by atoms with Gasteiger partial charge in [-0.3, -0.25) is 15.0 Å². The van der Waals surface area contributed by atoms with Crippen LogP contribution in [0.25, 0.3) is 0 Å². The van der Waals surface area contributed by atoms with Crippen molar-refractivity contribution in [2.24, 2.45) is 0 Å². The summed E-state index contributed by atoms with van der Waals surface area (Å²) in [4.78, 5) is 12.5. The number of likely N-dealkylation sites (tertiary alicyclic amines) is 1. The number of nitrogens with one attached hydrogen (secondary N) is 1. The second-order valence-electron chi connectivity index (χ2n) is 10.3. The molecule has 1 aliphatic heterocycles. The fourth-order valence-corrected chi connectivity index (χ4v) is 6.37. The Balaban J connectivity index is 2.39. The Morgan fingerprint density at radius 2 is 1.82 bits per heavy atom. The quantitative estimate of drug-likeness (QED) is 0.227. The van der Waals surface area contributed by atoms with E-state index in [2.05, 4.69) is 49.4 Å². The molecule has 0 saturated carbocycles. The average Bonchev–Trinajstić information content (AvgIpc) is 3.27. The maximum absolute atomic E-state index is 13.3. The van der Waals surface area contributed by atoms with Crippen molar-refractivity contribution in [3.8, 4) is 12.3 Å². The molecule has 1 aromatic carbocycles. The third kappa shape index (κ3) is 6.22. The van der Waals surface area contributed by atoms with Crippen LogP contribution in [-0.2, 0) is 14.4 Å². The molecular weight excluding hydrogens is 458 g/mol. The first-order valence-corrected chi connectivity index (χ1v) is 15.7. The third-order valence-corrected chi connectivity index (χ3v) is 13.1. The Kier molecular flexibility index (Phi) is 8.52. The molecule has 10 heteroatoms. The number of para-hydroxylation sites is 1. The Morgan fingerprint density at radius 3 is 2.33 bits per heavy atom. The van der Waals surface area contributed by atoms with Crippen LogP contribution in [0, 0.1) is 22.5 Å². The Morgan fingerprint density at radius 1 is 1.24 bits per heavy atom. The summed E-state index contributed by atoms with van der Waals surface area (Å²) < 4.78 is 35.7. The summed E-state index contributed by atoms with van der Waals surface area (Å²) in [6, 6.07) is 4.66. The summed E-state index contributed by atoms with van der Waals surface area (Å²) in [5.41, 5.74) is -1.37. The summed E-state index contributed by atoms with van der Waals surface area (Å²) >= 11 is 0. The number of hydrogen-bond donors (Lipinski definition) is 1. The van der Waals surface area contributed by atoms with E-state index in [1.165, 1.54) is 24.3 Å². The van der Waals surface area contributed by atoms with E-state index >= 15 is 0 Å². The van der Waals surface area contributed by atoms with Crippen LogP contribution in [-0.4, -0.2) is 57.8 Å². The molecule has 0 spiro atoms. The SMILES string of the molecule is C#C[C@](C)([C@@H](CCO[Si](C)(C)C(C)(C)C)NS(=O)(=O)c1ccccc1[N+](=O)[O-])N1CCCC1. The topological polar surface area (TPSA) is 102 Å². The van der Waals surface area contributed by atoms with Crippen molar-refractivity contribution in [1.29, 1.82) is 0 Å². The zero-order valence-electron chi connectivity index (χ0n) is 20.6. The standard InChI is InChI=1S/C23H37N3O5SSi/c1-8-23(5,25-16-11-12-17-25)21(15-18-31-33(6,7)22(2,3)4)24-32(29,30)20-14-10-9-13-19(20)26(27)28/h1,9-10,13-14,21,24H,11-12,15-18H2,2-7H3/t21-,23-/m1/s1. The molecule has 0 amide bonds. The molecule has 0 radical (unpaired) electrons. The highest BCUT2D eigenvalue weighted by atomic mass is 32.2. The zero-order valence-corrected chi connectivity index (χ0v) is 22.4. The van der Waals surface area contributed by atoms with Gasteiger partial charge in [0.2, 0.25) is 10.0 Å². The van der Waals surface area contributed by atoms with Crippen LogP contribution in [0.5, 0.6) is 0 Å². The van der Waals surface area contributed by atoms with Gasteiger partial charge in [0.15, 0.2) is 13.2 Å². The molecule has 1 saturated heterocycles. The van der Waals surface area contributed by atoms with Crippen molar-refractivity contribution in [3.05, 3.63) is 34.4 Å². The number of nitro groups is 1. The Hall–Kier alpha value is -1.77. The lowest BCUT2D eigenvalue weighted by atomic mass is 9.90. The molecule has 2 rings (SSSR count). The van der Waals surface area contributed by atoms with Crippen molar-refractivity contribution in [2.75, 3.05) is 19.7 Å². The van der Waals surface area contributed by atoms with Crippen LogP contribution in [0.1, 0.15) is 47.0 Å². The van der Waals surface area contributed by atoms with E-state index in [1.807, 2.05) is 6.92 Å². The monoisotopic (exact) mass is 495 g/mol. The fourth-order valence-electron chi connectivity index (χ4n) is 3.78. The molecule has 1 N–H and O–H groups in total. The second kappa shape index (κ2) is 10.2. The van der Waals surface area contributed by atoms with Crippen LogP contribution in [0.4, 0.5) is 5.69 Å². The molecule has 184 valence electrons. The van der Waals surface area contributed by atoms with Gasteiger partial charge in [-0.05, 0) is 63.5 Å². The van der Waals surface area contributed by atoms with Crippen molar-refractivity contribution in [1.82, 2.24) is 9.62 Å². The number of nitro benzene ring substituents is 1. The van der Waals surface area contributed by atoms with Gasteiger partial charge in [0, 0.05) is 12.7 Å². The number of sulfonamides is 1. The third-order valence-electron chi connectivity index (χ3n) is 7.06. The maximum atomic E-state index is 13.3. The van der Waals surface area contributed by atoms with Crippen molar-refractivity contribution in [2.45, 2.75) is 81.6 Å². The van der Waals surface area contributed by atoms with Gasteiger partial charge in [-0.25, -0.2) is 13.1 Å². The highest BCUT2D eigenvalue weighted by Gasteiger charge is 2.43. The van der Waals surface area contributed by atoms with Crippen molar-refractivity contribution >= 4 is 24.0 Å². The van der Waals surface area contributed by atoms with Gasteiger partial charge in [0.05, 0.1) is 16.5 Å². The maximum Gasteiger partial charge on any atom is 0.289 e. The number of terminal acetylenes is 1. The molecule has 1 aromatic rings. The van der Waals surface area contributed by atoms with Crippen LogP contribution >= 0.6 is 0 Å². The normalized spacial score (nSPS) is 18.5. The molecule has 1 heterocycles. The predicted octanol–water partition coefficient (Wildman–Crippen LogP) is 4.14. The number of nitrogens with zero attached hydrogens (tertiary/aromatic N) is 2. The van der Waals surface area contributed by atoms with E-state index in [0.717, 1.165) is 25.9 Å². The molecule has 0 bridgehead atoms. The number of rotatable bonds is 10. The molecule has 0 aliphatic carbocycles. The summed E-state index contributed by atoms with van der Waals surface area (Å²) in [6.07, 6.45) is 8.31. The molecule has 1 aliphatic rings. The molecular formula is C23H37N3O5SSi. The first-order chi connectivity index (χ1) is 15.2. The predicted molar refractivity (Wildman–Crippen MR) is 133 cm³/mol. The lowest BCUT2D eigenvalue weighted by Crippen LogP contribution is -2.59. The Labute approximate surface area is 199 Å². The van der Waals surface area contributed by atoms with Gasteiger partial charge in [0.25, 0.3) is 5.69 Å². The molecule has 0 aromatic heterocycles. The minimum atomic E-state index is -4.21. The van der Waals surface area contributed by atoms with E-state index in [-0.39, 0.29) is 9.93 Å². The van der Waals surface area contributed by atoms with Gasteiger partial charge in [-0.1, -0.05) is 38.8 Å². The van der Waals surface area contributed by atoms with E-state index in [9.17, 15) is 18.5 Å². The van der Waals surface area contributed by atoms with Crippen LogP contribution in [0.2, 0.25) is 18.1 Å². The van der Waals surface area contributed by atoms with Gasteiger partial charge < -0.3 is 4.43 Å². The van der Waals surface area contributed by atoms with Gasteiger partial charge in [-0.15, -0.1) is 6.42 Å². The Bertz CT molecular complexity index is 994. The van der Waals surface area contributed by atoms with Crippen LogP contribution in [0.15, 0.2) is 29.2 Å². The average molecular weight is 496 g/mol. The van der Waals surface area contributed by atoms with Crippen LogP contribution < -0.4 is 4.72 Å². The molecule has 33 heavy (non-hydrogen) atoms. The highest BCUT2D eigenvalue weighted by molar-refractivity contribution is 7.89. The summed E-state index contributed by atoms with van der Waals surface area (Å²) in [5, 5.41) is 11.5. The van der Waals surface area contributed by atoms with Gasteiger partial charge >= 0.3 is 0 Å². The number of hydrogen-bond acceptors (Lipinski definition) is 6. The highest BCUT2D eigenvalue weighted by Crippen LogP contribution is 2.37. The van der Waals surface area contributed by atoms with Crippen LogP contribution in [0.3, 0.4) is 0 Å². The smallest absolute Gasteiger partial charge is 0.289 e. The number of benzene rings is 1.